The average molecular weight is 1200 g/mol. The molecule has 0 bridgehead atoms. The van der Waals surface area contributed by atoms with E-state index in [0.717, 1.165) is 34.0 Å². The molecular weight excluding hydrogens is 1090 g/mol. The van der Waals surface area contributed by atoms with Crippen molar-refractivity contribution in [1.29, 1.82) is 0 Å². The molecule has 4 nitrogen and oxygen atoms in total. The second-order valence-corrected chi connectivity index (χ2v) is 28.1. The fraction of sp³-hybridized carbons (Fsp3) is 0.466. The Morgan fingerprint density at radius 3 is 1.16 bits per heavy atom. The molecule has 0 fully saturated rings. The summed E-state index contributed by atoms with van der Waals surface area (Å²) in [7, 11) is 9.87. The SMILES string of the molecule is C.CC(=Nc1c(C(C)C)cccc1C(C)C)C(C)(C)NC1=C(C(C)C)C=[C+]C=C1C(C)C.CC(=Nc1c(C(C)C)cccc1C(C)C)C(C)(C)[N-]c1c(C(C)C)cccc1C(C)C.Cc1ccccc1.[CH2-]c1ccccc1.[Cl][Zr+2][Cl]. The molecule has 0 aromatic heterocycles. The number of nitrogens with zero attached hydrogens (tertiary/aromatic N) is 3. The van der Waals surface area contributed by atoms with Gasteiger partial charge in [-0.25, -0.2) is 0 Å². The van der Waals surface area contributed by atoms with Crippen molar-refractivity contribution in [1.82, 2.24) is 5.32 Å². The van der Waals surface area contributed by atoms with E-state index in [4.69, 9.17) is 32.3 Å². The number of aliphatic imine (C=N–C) groups is 2. The molecule has 0 aliphatic heterocycles. The molecule has 0 unspecified atom stereocenters. The Labute approximate surface area is 510 Å². The van der Waals surface area contributed by atoms with E-state index in [2.05, 4.69) is 256 Å². The van der Waals surface area contributed by atoms with Gasteiger partial charge < -0.3 is 10.6 Å². The van der Waals surface area contributed by atoms with Gasteiger partial charge in [0, 0.05) is 29.3 Å². The van der Waals surface area contributed by atoms with E-state index in [9.17, 15) is 0 Å². The predicted molar refractivity (Wildman–Crippen MR) is 357 cm³/mol. The number of nitrogens with one attached hydrogen (secondary N) is 1. The number of benzene rings is 5. The first-order valence-electron chi connectivity index (χ1n) is 28.8. The third kappa shape index (κ3) is 23.0. The van der Waals surface area contributed by atoms with Crippen LogP contribution in [0.1, 0.15) is 240 Å². The molecule has 0 saturated carbocycles. The van der Waals surface area contributed by atoms with Gasteiger partial charge in [0.15, 0.2) is 5.70 Å². The number of allylic oxidation sites excluding steroid dienone is 5. The van der Waals surface area contributed by atoms with Crippen LogP contribution in [0.5, 0.6) is 0 Å². The standard InChI is InChI=1S/2C29H43N2.C7H8.C7H7.CH4.2ClH.Zr/c2*1-18(2)23-14-12-15-24(19(3)4)27(23)30-22(9)29(10,11)31-28-25(20(5)6)16-13-17-26(28)21(7)8;2*1-7-5-3-2-4-6-7;;;;/h12,14-21,31H,1-11H3;12-21H,1-11H3;2-6H,1H3;2-6H,1H2;1H4;2*1H;/q+1;-1;;-1;;;;+4/p-2. The van der Waals surface area contributed by atoms with Crippen LogP contribution < -0.4 is 5.32 Å². The van der Waals surface area contributed by atoms with Crippen molar-refractivity contribution >= 4 is 45.5 Å². The molecular formula is C73H105Cl2N4Zr+. The van der Waals surface area contributed by atoms with Gasteiger partial charge in [0.2, 0.25) is 0 Å². The van der Waals surface area contributed by atoms with Crippen LogP contribution >= 0.6 is 17.0 Å². The second kappa shape index (κ2) is 35.5. The first-order chi connectivity index (χ1) is 36.9. The van der Waals surface area contributed by atoms with Crippen LogP contribution in [0.3, 0.4) is 0 Å². The molecule has 0 saturated heterocycles. The molecule has 1 aliphatic carbocycles. The van der Waals surface area contributed by atoms with E-state index in [1.165, 1.54) is 55.8 Å². The molecule has 7 heteroatoms. The Morgan fingerprint density at radius 2 is 0.863 bits per heavy atom. The third-order valence-corrected chi connectivity index (χ3v) is 14.3. The van der Waals surface area contributed by atoms with Crippen LogP contribution in [-0.2, 0) is 20.8 Å². The van der Waals surface area contributed by atoms with E-state index in [1.54, 1.807) is 0 Å². The molecule has 1 aliphatic rings. The summed E-state index contributed by atoms with van der Waals surface area (Å²) < 4.78 is 0. The molecule has 1 N–H and O–H groups in total. The number of halogens is 2. The van der Waals surface area contributed by atoms with Crippen LogP contribution in [0.4, 0.5) is 17.1 Å². The Bertz CT molecular complexity index is 2650. The fourth-order valence-electron chi connectivity index (χ4n) is 8.90. The van der Waals surface area contributed by atoms with Gasteiger partial charge in [-0.05, 0) is 120 Å². The first-order valence-corrected chi connectivity index (χ1v) is 35.2. The van der Waals surface area contributed by atoms with Gasteiger partial charge in [-0.1, -0.05) is 218 Å². The molecule has 0 amide bonds. The molecule has 0 radical (unpaired) electrons. The quantitative estimate of drug-likeness (QED) is 0.0777. The van der Waals surface area contributed by atoms with E-state index in [1.807, 2.05) is 48.5 Å². The first kappa shape index (κ1) is 73.5. The van der Waals surface area contributed by atoms with Gasteiger partial charge in [0.05, 0.1) is 28.1 Å². The normalized spacial score (nSPS) is 12.6. The van der Waals surface area contributed by atoms with Gasteiger partial charge in [0.1, 0.15) is 12.2 Å². The molecule has 5 aromatic rings. The van der Waals surface area contributed by atoms with Crippen molar-refractivity contribution in [2.45, 2.75) is 213 Å². The van der Waals surface area contributed by atoms with Gasteiger partial charge in [-0.2, -0.15) is 24.6 Å². The number of para-hydroxylation sites is 3. The van der Waals surface area contributed by atoms with Crippen LogP contribution in [0, 0.1) is 31.8 Å². The van der Waals surface area contributed by atoms with E-state index in [-0.39, 0.29) is 13.0 Å². The molecule has 0 atom stereocenters. The molecule has 434 valence electrons. The number of aryl methyl sites for hydroxylation is 1. The zero-order chi connectivity index (χ0) is 59.9. The van der Waals surface area contributed by atoms with Crippen LogP contribution in [0.25, 0.3) is 5.32 Å². The maximum atomic E-state index is 5.35. The molecule has 0 heterocycles. The number of rotatable bonds is 16. The molecule has 6 rings (SSSR count). The Hall–Kier alpha value is -4.50. The number of hydrogen-bond donors (Lipinski definition) is 1. The van der Waals surface area contributed by atoms with E-state index < -0.39 is 26.4 Å². The van der Waals surface area contributed by atoms with Crippen LogP contribution in [0.2, 0.25) is 0 Å². The van der Waals surface area contributed by atoms with Crippen molar-refractivity contribution < 1.29 is 20.8 Å². The Morgan fingerprint density at radius 1 is 0.512 bits per heavy atom. The van der Waals surface area contributed by atoms with Crippen LogP contribution in [0.15, 0.2) is 154 Å². The summed E-state index contributed by atoms with van der Waals surface area (Å²) in [4.78, 5) is 10.5. The molecule has 5 aromatic carbocycles. The summed E-state index contributed by atoms with van der Waals surface area (Å²) in [6, 6.07) is 40.0. The monoisotopic (exact) mass is 1200 g/mol. The average Bonchev–Trinajstić information content (AvgIpc) is 3.37. The summed E-state index contributed by atoms with van der Waals surface area (Å²) >= 11 is -0.826. The summed E-state index contributed by atoms with van der Waals surface area (Å²) in [5.41, 5.74) is 19.1. The Balaban J connectivity index is 0.000000610. The predicted octanol–water partition coefficient (Wildman–Crippen LogP) is 23.9. The van der Waals surface area contributed by atoms with Gasteiger partial charge in [-0.15, -0.1) is 17.8 Å². The summed E-state index contributed by atoms with van der Waals surface area (Å²) in [6.45, 7) is 55.0. The topological polar surface area (TPSA) is 50.9 Å². The molecule has 0 spiro atoms. The Kier molecular flexibility index (Phi) is 32.6. The number of hydrogen-bond acceptors (Lipinski definition) is 3. The summed E-state index contributed by atoms with van der Waals surface area (Å²) in [5, 5.41) is 9.23. The van der Waals surface area contributed by atoms with Crippen molar-refractivity contribution in [3.63, 3.8) is 0 Å². The van der Waals surface area contributed by atoms with Crippen molar-refractivity contribution in [2.24, 2.45) is 21.8 Å². The zero-order valence-electron chi connectivity index (χ0n) is 53.0. The van der Waals surface area contributed by atoms with Crippen molar-refractivity contribution in [3.05, 3.63) is 207 Å². The fourth-order valence-corrected chi connectivity index (χ4v) is 8.90. The van der Waals surface area contributed by atoms with Gasteiger partial charge in [0.25, 0.3) is 0 Å². The zero-order valence-corrected chi connectivity index (χ0v) is 57.0. The second-order valence-electron chi connectivity index (χ2n) is 24.4. The van der Waals surface area contributed by atoms with Gasteiger partial charge >= 0.3 is 37.9 Å². The van der Waals surface area contributed by atoms with Gasteiger partial charge in [-0.3, -0.25) is 9.98 Å². The van der Waals surface area contributed by atoms with E-state index in [0.29, 0.717) is 47.3 Å². The third-order valence-electron chi connectivity index (χ3n) is 14.3. The summed E-state index contributed by atoms with van der Waals surface area (Å²) in [5.74, 6) is 3.45. The minimum absolute atomic E-state index is 0. The van der Waals surface area contributed by atoms with Crippen molar-refractivity contribution in [2.75, 3.05) is 0 Å². The van der Waals surface area contributed by atoms with Crippen molar-refractivity contribution in [3.8, 4) is 0 Å². The van der Waals surface area contributed by atoms with E-state index >= 15 is 0 Å². The minimum atomic E-state index is -0.826. The maximum absolute atomic E-state index is 5.35. The summed E-state index contributed by atoms with van der Waals surface area (Å²) in [6.07, 6.45) is 7.62. The van der Waals surface area contributed by atoms with Crippen LogP contribution in [-0.4, -0.2) is 22.5 Å². The molecule has 80 heavy (non-hydrogen) atoms.